The standard InChI is InChI=1S/C21H19N3O3S/c1-12-13(2)22-18-9-6-15(10-17(12)18)20-23-24-21(27-20)28-11-19(25)14-4-7-16(26-3)8-5-14/h4-10,22H,11H2,1-3H3. The van der Waals surface area contributed by atoms with Crippen LogP contribution in [0.15, 0.2) is 52.1 Å². The lowest BCUT2D eigenvalue weighted by Crippen LogP contribution is -2.02. The molecule has 0 bridgehead atoms. The van der Waals surface area contributed by atoms with Crippen molar-refractivity contribution < 1.29 is 13.9 Å². The summed E-state index contributed by atoms with van der Waals surface area (Å²) in [5, 5.41) is 9.70. The SMILES string of the molecule is COc1ccc(C(=O)CSc2nnc(-c3ccc4[nH]c(C)c(C)c4c3)o2)cc1. The highest BCUT2D eigenvalue weighted by molar-refractivity contribution is 7.99. The number of fused-ring (bicyclic) bond motifs is 1. The first-order chi connectivity index (χ1) is 13.5. The molecule has 0 fully saturated rings. The molecule has 0 saturated heterocycles. The molecular formula is C21H19N3O3S. The molecule has 0 spiro atoms. The van der Waals surface area contributed by atoms with Gasteiger partial charge in [-0.3, -0.25) is 4.79 Å². The van der Waals surface area contributed by atoms with E-state index in [9.17, 15) is 4.79 Å². The van der Waals surface area contributed by atoms with E-state index in [1.165, 1.54) is 17.3 Å². The minimum absolute atomic E-state index is 0.00718. The summed E-state index contributed by atoms with van der Waals surface area (Å²) in [4.78, 5) is 15.7. The van der Waals surface area contributed by atoms with E-state index in [-0.39, 0.29) is 11.5 Å². The number of Topliss-reactive ketones (excluding diaryl/α,β-unsaturated/α-hetero) is 1. The van der Waals surface area contributed by atoms with Crippen LogP contribution in [0.4, 0.5) is 0 Å². The molecule has 0 aliphatic heterocycles. The average molecular weight is 393 g/mol. The Morgan fingerprint density at radius 2 is 1.93 bits per heavy atom. The highest BCUT2D eigenvalue weighted by atomic mass is 32.2. The van der Waals surface area contributed by atoms with Gasteiger partial charge in [-0.1, -0.05) is 11.8 Å². The zero-order valence-corrected chi connectivity index (χ0v) is 16.6. The van der Waals surface area contributed by atoms with E-state index in [1.807, 2.05) is 18.2 Å². The van der Waals surface area contributed by atoms with Crippen LogP contribution in [-0.4, -0.2) is 33.8 Å². The van der Waals surface area contributed by atoms with Crippen LogP contribution in [0, 0.1) is 13.8 Å². The number of ether oxygens (including phenoxy) is 1. The van der Waals surface area contributed by atoms with Gasteiger partial charge in [-0.05, 0) is 61.9 Å². The second-order valence-corrected chi connectivity index (χ2v) is 7.38. The zero-order chi connectivity index (χ0) is 19.7. The number of aromatic nitrogens is 3. The first-order valence-electron chi connectivity index (χ1n) is 8.78. The lowest BCUT2D eigenvalue weighted by molar-refractivity contribution is 0.102. The molecule has 2 heterocycles. The maximum absolute atomic E-state index is 12.3. The Kier molecular flexibility index (Phi) is 4.92. The second kappa shape index (κ2) is 7.52. The van der Waals surface area contributed by atoms with Crippen molar-refractivity contribution >= 4 is 28.4 Å². The van der Waals surface area contributed by atoms with Crippen molar-refractivity contribution in [2.45, 2.75) is 19.1 Å². The number of H-pyrrole nitrogens is 1. The molecule has 0 aliphatic rings. The van der Waals surface area contributed by atoms with Crippen molar-refractivity contribution in [3.63, 3.8) is 0 Å². The first-order valence-corrected chi connectivity index (χ1v) is 9.76. The smallest absolute Gasteiger partial charge is 0.277 e. The Morgan fingerprint density at radius 1 is 1.14 bits per heavy atom. The summed E-state index contributed by atoms with van der Waals surface area (Å²) in [5.74, 6) is 1.38. The van der Waals surface area contributed by atoms with Crippen molar-refractivity contribution in [3.8, 4) is 17.2 Å². The summed E-state index contributed by atoms with van der Waals surface area (Å²) in [7, 11) is 1.59. The number of aromatic amines is 1. The fraction of sp³-hybridized carbons (Fsp3) is 0.190. The fourth-order valence-corrected chi connectivity index (χ4v) is 3.62. The van der Waals surface area contributed by atoms with E-state index < -0.39 is 0 Å². The van der Waals surface area contributed by atoms with Crippen molar-refractivity contribution in [1.29, 1.82) is 0 Å². The minimum atomic E-state index is -0.00718. The number of ketones is 1. The molecule has 142 valence electrons. The molecule has 7 heteroatoms. The fourth-order valence-electron chi connectivity index (χ4n) is 2.97. The number of rotatable bonds is 6. The minimum Gasteiger partial charge on any atom is -0.497 e. The van der Waals surface area contributed by atoms with Gasteiger partial charge in [0.1, 0.15) is 5.75 Å². The second-order valence-electron chi connectivity index (χ2n) is 6.45. The molecule has 0 radical (unpaired) electrons. The van der Waals surface area contributed by atoms with Crippen molar-refractivity contribution in [2.75, 3.05) is 12.9 Å². The maximum atomic E-state index is 12.3. The number of benzene rings is 2. The van der Waals surface area contributed by atoms with Gasteiger partial charge in [-0.2, -0.15) is 0 Å². The van der Waals surface area contributed by atoms with Crippen LogP contribution >= 0.6 is 11.8 Å². The molecule has 28 heavy (non-hydrogen) atoms. The Bertz CT molecular complexity index is 1150. The summed E-state index contributed by atoms with van der Waals surface area (Å²) in [6.07, 6.45) is 0. The summed E-state index contributed by atoms with van der Waals surface area (Å²) in [5.41, 5.74) is 4.91. The summed E-state index contributed by atoms with van der Waals surface area (Å²) in [6, 6.07) is 13.0. The molecule has 2 aromatic carbocycles. The molecule has 0 aliphatic carbocycles. The van der Waals surface area contributed by atoms with Crippen LogP contribution in [-0.2, 0) is 0 Å². The summed E-state index contributed by atoms with van der Waals surface area (Å²) < 4.78 is 10.9. The Balaban J connectivity index is 1.47. The Labute approximate surface area is 166 Å². The average Bonchev–Trinajstić information content (AvgIpc) is 3.31. The van der Waals surface area contributed by atoms with Crippen molar-refractivity contribution in [2.24, 2.45) is 0 Å². The van der Waals surface area contributed by atoms with E-state index in [1.54, 1.807) is 31.4 Å². The lowest BCUT2D eigenvalue weighted by atomic mass is 10.1. The number of nitrogens with zero attached hydrogens (tertiary/aromatic N) is 2. The van der Waals surface area contributed by atoms with Gasteiger partial charge in [-0.25, -0.2) is 0 Å². The number of nitrogens with one attached hydrogen (secondary N) is 1. The molecule has 4 rings (SSSR count). The molecule has 4 aromatic rings. The van der Waals surface area contributed by atoms with Gasteiger partial charge < -0.3 is 14.1 Å². The maximum Gasteiger partial charge on any atom is 0.277 e. The van der Waals surface area contributed by atoms with Crippen LogP contribution < -0.4 is 4.74 Å². The van der Waals surface area contributed by atoms with Gasteiger partial charge >= 0.3 is 0 Å². The molecule has 0 unspecified atom stereocenters. The van der Waals surface area contributed by atoms with E-state index in [0.717, 1.165) is 27.9 Å². The number of hydrogen-bond donors (Lipinski definition) is 1. The predicted octanol–water partition coefficient (Wildman–Crippen LogP) is 4.82. The predicted molar refractivity (Wildman–Crippen MR) is 109 cm³/mol. The van der Waals surface area contributed by atoms with Crippen molar-refractivity contribution in [3.05, 3.63) is 59.3 Å². The van der Waals surface area contributed by atoms with Gasteiger partial charge in [0.15, 0.2) is 5.78 Å². The monoisotopic (exact) mass is 393 g/mol. The van der Waals surface area contributed by atoms with Crippen LogP contribution in [0.25, 0.3) is 22.4 Å². The third kappa shape index (κ3) is 3.53. The molecular weight excluding hydrogens is 374 g/mol. The van der Waals surface area contributed by atoms with Crippen LogP contribution in [0.2, 0.25) is 0 Å². The quantitative estimate of drug-likeness (QED) is 0.374. The summed E-state index contributed by atoms with van der Waals surface area (Å²) >= 11 is 1.23. The number of thioether (sulfide) groups is 1. The zero-order valence-electron chi connectivity index (χ0n) is 15.8. The van der Waals surface area contributed by atoms with E-state index in [0.29, 0.717) is 16.7 Å². The normalized spacial score (nSPS) is 11.1. The van der Waals surface area contributed by atoms with Gasteiger partial charge in [0.05, 0.1) is 12.9 Å². The number of methoxy groups -OCH3 is 1. The van der Waals surface area contributed by atoms with Crippen molar-refractivity contribution in [1.82, 2.24) is 15.2 Å². The van der Waals surface area contributed by atoms with Gasteiger partial charge in [0.2, 0.25) is 5.89 Å². The van der Waals surface area contributed by atoms with Crippen LogP contribution in [0.1, 0.15) is 21.6 Å². The third-order valence-corrected chi connectivity index (χ3v) is 5.52. The van der Waals surface area contributed by atoms with Gasteiger partial charge in [-0.15, -0.1) is 10.2 Å². The van der Waals surface area contributed by atoms with Gasteiger partial charge in [0, 0.05) is 27.7 Å². The first kappa shape index (κ1) is 18.3. The van der Waals surface area contributed by atoms with Gasteiger partial charge in [0.25, 0.3) is 5.22 Å². The van der Waals surface area contributed by atoms with Crippen LogP contribution in [0.3, 0.4) is 0 Å². The number of carbonyl (C=O) groups is 1. The molecule has 0 saturated carbocycles. The molecule has 2 aromatic heterocycles. The molecule has 6 nitrogen and oxygen atoms in total. The number of carbonyl (C=O) groups excluding carboxylic acids is 1. The summed E-state index contributed by atoms with van der Waals surface area (Å²) in [6.45, 7) is 4.13. The van der Waals surface area contributed by atoms with E-state index in [2.05, 4.69) is 29.0 Å². The topological polar surface area (TPSA) is 81.0 Å². The number of aryl methyl sites for hydroxylation is 2. The lowest BCUT2D eigenvalue weighted by Gasteiger charge is -2.01. The molecule has 1 N–H and O–H groups in total. The molecule has 0 atom stereocenters. The highest BCUT2D eigenvalue weighted by Gasteiger charge is 2.14. The Hall–Kier alpha value is -3.06. The van der Waals surface area contributed by atoms with E-state index >= 15 is 0 Å². The largest absolute Gasteiger partial charge is 0.497 e. The number of hydrogen-bond acceptors (Lipinski definition) is 6. The van der Waals surface area contributed by atoms with E-state index in [4.69, 9.17) is 9.15 Å². The third-order valence-electron chi connectivity index (χ3n) is 4.70. The highest BCUT2D eigenvalue weighted by Crippen LogP contribution is 2.29. The Morgan fingerprint density at radius 3 is 2.68 bits per heavy atom. The molecule has 0 amide bonds. The van der Waals surface area contributed by atoms with Crippen LogP contribution in [0.5, 0.6) is 5.75 Å².